The van der Waals surface area contributed by atoms with Crippen molar-refractivity contribution in [1.29, 1.82) is 0 Å². The Bertz CT molecular complexity index is 235. The van der Waals surface area contributed by atoms with Crippen LogP contribution in [0.4, 0.5) is 5.69 Å². The summed E-state index contributed by atoms with van der Waals surface area (Å²) >= 11 is 0. The Labute approximate surface area is 104 Å². The molecule has 0 spiro atoms. The molecule has 0 aliphatic carbocycles. The third kappa shape index (κ3) is 4.81. The molecule has 1 aliphatic heterocycles. The minimum atomic E-state index is 0. The minimum Gasteiger partial charge on any atom is -0.384 e. The molecule has 2 rings (SSSR count). The maximum Gasteiger partial charge on any atom is 0.0373 e. The average molecular weight is 306 g/mol. The Morgan fingerprint density at radius 1 is 1.14 bits per heavy atom. The highest BCUT2D eigenvalue weighted by Crippen LogP contribution is 2.19. The number of nitrogens with zero attached hydrogens (tertiary/aromatic N) is 1. The monoisotopic (exact) mass is 306 g/mol. The number of rotatable bonds is 0. The SMILES string of the molecule is CN(C)C.I.c1ccc2c(c1)CCN2. The van der Waals surface area contributed by atoms with Crippen molar-refractivity contribution < 1.29 is 0 Å². The van der Waals surface area contributed by atoms with Gasteiger partial charge in [0.15, 0.2) is 0 Å². The van der Waals surface area contributed by atoms with Gasteiger partial charge in [0.05, 0.1) is 0 Å². The summed E-state index contributed by atoms with van der Waals surface area (Å²) in [6.45, 7) is 1.11. The van der Waals surface area contributed by atoms with Gasteiger partial charge in [-0.1, -0.05) is 18.2 Å². The molecule has 0 unspecified atom stereocenters. The summed E-state index contributed by atoms with van der Waals surface area (Å²) in [5, 5.41) is 3.30. The van der Waals surface area contributed by atoms with Crippen LogP contribution in [0.5, 0.6) is 0 Å². The second kappa shape index (κ2) is 7.06. The smallest absolute Gasteiger partial charge is 0.0373 e. The average Bonchev–Trinajstić information content (AvgIpc) is 2.49. The van der Waals surface area contributed by atoms with Crippen molar-refractivity contribution in [3.8, 4) is 0 Å². The van der Waals surface area contributed by atoms with Crippen LogP contribution in [-0.2, 0) is 6.42 Å². The Morgan fingerprint density at radius 3 is 2.29 bits per heavy atom. The largest absolute Gasteiger partial charge is 0.384 e. The predicted molar refractivity (Wildman–Crippen MR) is 73.7 cm³/mol. The first kappa shape index (κ1) is 13.7. The maximum atomic E-state index is 3.30. The normalized spacial score (nSPS) is 12.0. The molecule has 0 amide bonds. The first-order valence-corrected chi connectivity index (χ1v) is 4.63. The first-order chi connectivity index (χ1) is 6.20. The van der Waals surface area contributed by atoms with Crippen LogP contribution < -0.4 is 5.32 Å². The number of para-hydroxylation sites is 1. The van der Waals surface area contributed by atoms with Crippen molar-refractivity contribution in [3.63, 3.8) is 0 Å². The van der Waals surface area contributed by atoms with Gasteiger partial charge in [-0.05, 0) is 39.2 Å². The summed E-state index contributed by atoms with van der Waals surface area (Å²) in [6.07, 6.45) is 1.19. The van der Waals surface area contributed by atoms with Crippen LogP contribution in [0.3, 0.4) is 0 Å². The van der Waals surface area contributed by atoms with E-state index in [9.17, 15) is 0 Å². The van der Waals surface area contributed by atoms with E-state index in [1.54, 1.807) is 0 Å². The summed E-state index contributed by atoms with van der Waals surface area (Å²) in [6, 6.07) is 8.46. The van der Waals surface area contributed by atoms with Gasteiger partial charge < -0.3 is 10.2 Å². The minimum absolute atomic E-state index is 0. The van der Waals surface area contributed by atoms with E-state index in [2.05, 4.69) is 29.6 Å². The number of hydrogen-bond acceptors (Lipinski definition) is 2. The van der Waals surface area contributed by atoms with Gasteiger partial charge in [0.25, 0.3) is 0 Å². The molecule has 0 fully saturated rings. The van der Waals surface area contributed by atoms with Gasteiger partial charge in [0.1, 0.15) is 0 Å². The molecule has 3 heteroatoms. The fourth-order valence-corrected chi connectivity index (χ4v) is 1.24. The molecule has 2 nitrogen and oxygen atoms in total. The van der Waals surface area contributed by atoms with Gasteiger partial charge in [0, 0.05) is 12.2 Å². The Hall–Kier alpha value is -0.290. The van der Waals surface area contributed by atoms with Crippen LogP contribution in [0.2, 0.25) is 0 Å². The fourth-order valence-electron chi connectivity index (χ4n) is 1.24. The molecule has 0 atom stereocenters. The van der Waals surface area contributed by atoms with Gasteiger partial charge in [-0.2, -0.15) is 0 Å². The van der Waals surface area contributed by atoms with Crippen LogP contribution in [0.1, 0.15) is 5.56 Å². The molecule has 0 saturated carbocycles. The van der Waals surface area contributed by atoms with E-state index in [1.165, 1.54) is 17.7 Å². The lowest BCUT2D eigenvalue weighted by Gasteiger charge is -1.94. The van der Waals surface area contributed by atoms with Gasteiger partial charge in [-0.25, -0.2) is 0 Å². The zero-order chi connectivity index (χ0) is 9.68. The highest BCUT2D eigenvalue weighted by atomic mass is 127. The van der Waals surface area contributed by atoms with Crippen LogP contribution in [0.15, 0.2) is 24.3 Å². The molecule has 0 saturated heterocycles. The Kier molecular flexibility index (Phi) is 6.92. The van der Waals surface area contributed by atoms with Crippen molar-refractivity contribution in [2.45, 2.75) is 6.42 Å². The molecule has 14 heavy (non-hydrogen) atoms. The molecular formula is C11H19IN2. The molecule has 1 heterocycles. The lowest BCUT2D eigenvalue weighted by Crippen LogP contribution is -1.99. The van der Waals surface area contributed by atoms with Crippen LogP contribution in [-0.4, -0.2) is 32.6 Å². The lowest BCUT2D eigenvalue weighted by atomic mass is 10.2. The second-order valence-electron chi connectivity index (χ2n) is 3.68. The molecule has 0 radical (unpaired) electrons. The molecule has 80 valence electrons. The number of nitrogens with one attached hydrogen (secondary N) is 1. The van der Waals surface area contributed by atoms with Crippen LogP contribution in [0.25, 0.3) is 0 Å². The van der Waals surface area contributed by atoms with Crippen molar-refractivity contribution in [2.24, 2.45) is 0 Å². The molecule has 1 N–H and O–H groups in total. The number of hydrogen-bond donors (Lipinski definition) is 1. The highest BCUT2D eigenvalue weighted by molar-refractivity contribution is 14.0. The summed E-state index contributed by atoms with van der Waals surface area (Å²) < 4.78 is 0. The van der Waals surface area contributed by atoms with Gasteiger partial charge in [-0.15, -0.1) is 24.0 Å². The number of fused-ring (bicyclic) bond motifs is 1. The summed E-state index contributed by atoms with van der Waals surface area (Å²) in [5.74, 6) is 0. The van der Waals surface area contributed by atoms with E-state index < -0.39 is 0 Å². The van der Waals surface area contributed by atoms with Gasteiger partial charge in [0.2, 0.25) is 0 Å². The zero-order valence-electron chi connectivity index (χ0n) is 9.08. The molecule has 0 aromatic heterocycles. The van der Waals surface area contributed by atoms with Crippen molar-refractivity contribution in [1.82, 2.24) is 4.90 Å². The van der Waals surface area contributed by atoms with Gasteiger partial charge >= 0.3 is 0 Å². The zero-order valence-corrected chi connectivity index (χ0v) is 11.4. The summed E-state index contributed by atoms with van der Waals surface area (Å²) in [7, 11) is 6.00. The van der Waals surface area contributed by atoms with Crippen LogP contribution in [0, 0.1) is 0 Å². The summed E-state index contributed by atoms with van der Waals surface area (Å²) in [4.78, 5) is 2.00. The molecule has 1 aromatic carbocycles. The number of anilines is 1. The molecule has 1 aliphatic rings. The second-order valence-corrected chi connectivity index (χ2v) is 3.68. The first-order valence-electron chi connectivity index (χ1n) is 4.63. The highest BCUT2D eigenvalue weighted by Gasteiger charge is 2.05. The predicted octanol–water partition coefficient (Wildman–Crippen LogP) is 2.45. The summed E-state index contributed by atoms with van der Waals surface area (Å²) in [5.41, 5.74) is 2.77. The Morgan fingerprint density at radius 2 is 1.71 bits per heavy atom. The Balaban J connectivity index is 0.000000299. The maximum absolute atomic E-state index is 3.30. The van der Waals surface area contributed by atoms with Gasteiger partial charge in [-0.3, -0.25) is 0 Å². The van der Waals surface area contributed by atoms with E-state index in [1.807, 2.05) is 26.0 Å². The number of benzene rings is 1. The topological polar surface area (TPSA) is 15.3 Å². The van der Waals surface area contributed by atoms with E-state index in [4.69, 9.17) is 0 Å². The lowest BCUT2D eigenvalue weighted by molar-refractivity contribution is 0.505. The standard InChI is InChI=1S/C8H9N.C3H9N.HI/c1-2-4-8-7(3-1)5-6-9-8;1-4(2)3;/h1-4,9H,5-6H2;1-3H3;1H. The molecule has 0 bridgehead atoms. The van der Waals surface area contributed by atoms with E-state index in [0.717, 1.165) is 6.54 Å². The third-order valence-electron chi connectivity index (χ3n) is 1.73. The van der Waals surface area contributed by atoms with E-state index in [-0.39, 0.29) is 24.0 Å². The molecule has 1 aromatic rings. The van der Waals surface area contributed by atoms with Crippen molar-refractivity contribution in [2.75, 3.05) is 33.0 Å². The third-order valence-corrected chi connectivity index (χ3v) is 1.73. The van der Waals surface area contributed by atoms with E-state index in [0.29, 0.717) is 0 Å². The van der Waals surface area contributed by atoms with Crippen molar-refractivity contribution in [3.05, 3.63) is 29.8 Å². The van der Waals surface area contributed by atoms with Crippen LogP contribution >= 0.6 is 24.0 Å². The molecular weight excluding hydrogens is 287 g/mol. The van der Waals surface area contributed by atoms with E-state index >= 15 is 0 Å². The quantitative estimate of drug-likeness (QED) is 0.741. The van der Waals surface area contributed by atoms with Crippen molar-refractivity contribution >= 4 is 29.7 Å². The fraction of sp³-hybridized carbons (Fsp3) is 0.455. The number of halogens is 1.